The predicted octanol–water partition coefficient (Wildman–Crippen LogP) is 2.96. The highest BCUT2D eigenvalue weighted by atomic mass is 16.2. The number of aliphatic hydroxyl groups excluding tert-OH is 1. The highest BCUT2D eigenvalue weighted by Gasteiger charge is 2.14. The highest BCUT2D eigenvalue weighted by Crippen LogP contribution is 2.18. The third-order valence-corrected chi connectivity index (χ3v) is 3.31. The van der Waals surface area contributed by atoms with Gasteiger partial charge in [-0.25, -0.2) is 0 Å². The molecule has 1 unspecified atom stereocenters. The number of nitrogens with one attached hydrogen (secondary N) is 1. The molecule has 3 nitrogen and oxygen atoms in total. The number of amides is 1. The van der Waals surface area contributed by atoms with Gasteiger partial charge in [0.2, 0.25) is 5.91 Å². The Morgan fingerprint density at radius 3 is 2.35 bits per heavy atom. The third-order valence-electron chi connectivity index (χ3n) is 3.31. The monoisotopic (exact) mass is 269 g/mol. The fourth-order valence-electron chi connectivity index (χ4n) is 2.03. The number of carbonyl (C=O) groups is 1. The van der Waals surface area contributed by atoms with Gasteiger partial charge in [-0.1, -0.05) is 42.5 Å². The molecule has 0 heterocycles. The van der Waals surface area contributed by atoms with Crippen molar-refractivity contribution in [3.63, 3.8) is 0 Å². The number of hydrogen-bond donors (Lipinski definition) is 2. The fraction of sp³-hybridized carbons (Fsp3) is 0.235. The predicted molar refractivity (Wildman–Crippen MR) is 80.7 cm³/mol. The number of hydrogen-bond acceptors (Lipinski definition) is 2. The summed E-state index contributed by atoms with van der Waals surface area (Å²) in [5.41, 5.74) is 2.84. The molecule has 1 atom stereocenters. The van der Waals surface area contributed by atoms with Crippen molar-refractivity contribution in [2.45, 2.75) is 19.3 Å². The molecule has 2 aromatic carbocycles. The Hall–Kier alpha value is -2.13. The van der Waals surface area contributed by atoms with Gasteiger partial charge in [0, 0.05) is 12.3 Å². The lowest BCUT2D eigenvalue weighted by atomic mass is 10.0. The van der Waals surface area contributed by atoms with Gasteiger partial charge in [-0.15, -0.1) is 0 Å². The molecule has 0 aliphatic rings. The largest absolute Gasteiger partial charge is 0.396 e. The SMILES string of the molecule is CC(C(=O)Nc1ccc(CCO)cc1)c1ccccc1. The zero-order valence-corrected chi connectivity index (χ0v) is 11.5. The molecule has 20 heavy (non-hydrogen) atoms. The first kappa shape index (κ1) is 14.3. The van der Waals surface area contributed by atoms with E-state index in [0.717, 1.165) is 16.8 Å². The molecular weight excluding hydrogens is 250 g/mol. The molecule has 104 valence electrons. The van der Waals surface area contributed by atoms with Crippen LogP contribution in [0.1, 0.15) is 24.0 Å². The standard InChI is InChI=1S/C17H19NO2/c1-13(15-5-3-2-4-6-15)17(20)18-16-9-7-14(8-10-16)11-12-19/h2-10,13,19H,11-12H2,1H3,(H,18,20). The van der Waals surface area contributed by atoms with E-state index in [2.05, 4.69) is 5.32 Å². The summed E-state index contributed by atoms with van der Waals surface area (Å²) < 4.78 is 0. The van der Waals surface area contributed by atoms with Crippen LogP contribution < -0.4 is 5.32 Å². The van der Waals surface area contributed by atoms with Gasteiger partial charge in [-0.3, -0.25) is 4.79 Å². The van der Waals surface area contributed by atoms with Gasteiger partial charge in [0.1, 0.15) is 0 Å². The Bertz CT molecular complexity index is 549. The van der Waals surface area contributed by atoms with Gasteiger partial charge in [0.05, 0.1) is 5.92 Å². The second kappa shape index (κ2) is 6.87. The van der Waals surface area contributed by atoms with Crippen molar-refractivity contribution in [1.82, 2.24) is 0 Å². The maximum atomic E-state index is 12.2. The third kappa shape index (κ3) is 3.68. The van der Waals surface area contributed by atoms with Crippen molar-refractivity contribution in [3.8, 4) is 0 Å². The van der Waals surface area contributed by atoms with Crippen molar-refractivity contribution >= 4 is 11.6 Å². The maximum absolute atomic E-state index is 12.2. The summed E-state index contributed by atoms with van der Waals surface area (Å²) in [6.45, 7) is 2.03. The second-order valence-electron chi connectivity index (χ2n) is 4.79. The average molecular weight is 269 g/mol. The van der Waals surface area contributed by atoms with Crippen LogP contribution >= 0.6 is 0 Å². The molecule has 0 aliphatic heterocycles. The van der Waals surface area contributed by atoms with Crippen LogP contribution in [0.15, 0.2) is 54.6 Å². The molecule has 2 aromatic rings. The smallest absolute Gasteiger partial charge is 0.231 e. The van der Waals surface area contributed by atoms with Crippen LogP contribution in [0, 0.1) is 0 Å². The molecule has 0 aromatic heterocycles. The lowest BCUT2D eigenvalue weighted by Crippen LogP contribution is -2.18. The lowest BCUT2D eigenvalue weighted by molar-refractivity contribution is -0.117. The minimum Gasteiger partial charge on any atom is -0.396 e. The molecule has 2 rings (SSSR count). The van der Waals surface area contributed by atoms with E-state index in [0.29, 0.717) is 6.42 Å². The topological polar surface area (TPSA) is 49.3 Å². The summed E-state index contributed by atoms with van der Waals surface area (Å²) in [5, 5.41) is 11.8. The minimum absolute atomic E-state index is 0.0221. The van der Waals surface area contributed by atoms with Gasteiger partial charge < -0.3 is 10.4 Å². The summed E-state index contributed by atoms with van der Waals surface area (Å²) in [6, 6.07) is 17.3. The van der Waals surface area contributed by atoms with Gasteiger partial charge in [0.25, 0.3) is 0 Å². The Morgan fingerprint density at radius 1 is 1.10 bits per heavy atom. The Labute approximate surface area is 119 Å². The number of anilines is 1. The molecule has 2 N–H and O–H groups in total. The van der Waals surface area contributed by atoms with Crippen LogP contribution in [-0.2, 0) is 11.2 Å². The zero-order valence-electron chi connectivity index (χ0n) is 11.5. The number of aliphatic hydroxyl groups is 1. The quantitative estimate of drug-likeness (QED) is 0.876. The van der Waals surface area contributed by atoms with Crippen LogP contribution in [0.5, 0.6) is 0 Å². The molecule has 3 heteroatoms. The minimum atomic E-state index is -0.187. The Balaban J connectivity index is 2.00. The summed E-state index contributed by atoms with van der Waals surface area (Å²) >= 11 is 0. The summed E-state index contributed by atoms with van der Waals surface area (Å²) in [4.78, 5) is 12.2. The first-order chi connectivity index (χ1) is 9.70. The molecule has 0 bridgehead atoms. The summed E-state index contributed by atoms with van der Waals surface area (Å²) in [5.74, 6) is -0.209. The van der Waals surface area contributed by atoms with E-state index in [1.54, 1.807) is 0 Å². The van der Waals surface area contributed by atoms with Crippen molar-refractivity contribution in [2.24, 2.45) is 0 Å². The lowest BCUT2D eigenvalue weighted by Gasteiger charge is -2.12. The number of carbonyl (C=O) groups excluding carboxylic acids is 1. The first-order valence-electron chi connectivity index (χ1n) is 6.76. The molecule has 0 saturated heterocycles. The van der Waals surface area contributed by atoms with Gasteiger partial charge >= 0.3 is 0 Å². The average Bonchev–Trinajstić information content (AvgIpc) is 2.49. The van der Waals surface area contributed by atoms with E-state index in [-0.39, 0.29) is 18.4 Å². The normalized spacial score (nSPS) is 11.9. The van der Waals surface area contributed by atoms with Gasteiger partial charge in [-0.05, 0) is 36.6 Å². The van der Waals surface area contributed by atoms with E-state index in [4.69, 9.17) is 5.11 Å². The molecule has 0 fully saturated rings. The molecule has 0 saturated carbocycles. The van der Waals surface area contributed by atoms with Crippen LogP contribution in [0.4, 0.5) is 5.69 Å². The molecule has 0 radical (unpaired) electrons. The molecule has 1 amide bonds. The van der Waals surface area contributed by atoms with Crippen LogP contribution in [-0.4, -0.2) is 17.6 Å². The van der Waals surface area contributed by atoms with Crippen molar-refractivity contribution in [1.29, 1.82) is 0 Å². The van der Waals surface area contributed by atoms with E-state index < -0.39 is 0 Å². The summed E-state index contributed by atoms with van der Waals surface area (Å²) in [7, 11) is 0. The first-order valence-corrected chi connectivity index (χ1v) is 6.76. The van der Waals surface area contributed by atoms with Crippen molar-refractivity contribution < 1.29 is 9.90 Å². The van der Waals surface area contributed by atoms with E-state index in [9.17, 15) is 4.79 Å². The molecule has 0 spiro atoms. The van der Waals surface area contributed by atoms with E-state index in [1.165, 1.54) is 0 Å². The highest BCUT2D eigenvalue weighted by molar-refractivity contribution is 5.95. The van der Waals surface area contributed by atoms with Gasteiger partial charge in [-0.2, -0.15) is 0 Å². The number of rotatable bonds is 5. The maximum Gasteiger partial charge on any atom is 0.231 e. The summed E-state index contributed by atoms with van der Waals surface area (Å²) in [6.07, 6.45) is 0.634. The van der Waals surface area contributed by atoms with Crippen LogP contribution in [0.3, 0.4) is 0 Å². The van der Waals surface area contributed by atoms with E-state index >= 15 is 0 Å². The van der Waals surface area contributed by atoms with Crippen molar-refractivity contribution in [3.05, 3.63) is 65.7 Å². The fourth-order valence-corrected chi connectivity index (χ4v) is 2.03. The van der Waals surface area contributed by atoms with Crippen molar-refractivity contribution in [2.75, 3.05) is 11.9 Å². The molecule has 0 aliphatic carbocycles. The molecular formula is C17H19NO2. The van der Waals surface area contributed by atoms with Gasteiger partial charge in [0.15, 0.2) is 0 Å². The van der Waals surface area contributed by atoms with E-state index in [1.807, 2.05) is 61.5 Å². The zero-order chi connectivity index (χ0) is 14.4. The Morgan fingerprint density at radius 2 is 1.75 bits per heavy atom. The number of benzene rings is 2. The Kier molecular flexibility index (Phi) is 4.91. The van der Waals surface area contributed by atoms with Crippen LogP contribution in [0.25, 0.3) is 0 Å². The van der Waals surface area contributed by atoms with Crippen LogP contribution in [0.2, 0.25) is 0 Å². The second-order valence-corrected chi connectivity index (χ2v) is 4.79.